The van der Waals surface area contributed by atoms with E-state index in [-0.39, 0.29) is 0 Å². The summed E-state index contributed by atoms with van der Waals surface area (Å²) >= 11 is 0. The molecule has 78 valence electrons. The van der Waals surface area contributed by atoms with Crippen LogP contribution in [0.5, 0.6) is 0 Å². The number of aliphatic hydroxyl groups is 1. The molecule has 0 aliphatic heterocycles. The van der Waals surface area contributed by atoms with Crippen molar-refractivity contribution in [3.63, 3.8) is 0 Å². The van der Waals surface area contributed by atoms with Gasteiger partial charge in [-0.1, -0.05) is 26.2 Å². The summed E-state index contributed by atoms with van der Waals surface area (Å²) in [7, 11) is 0. The molecule has 0 bridgehead atoms. The number of hydrogen-bond donors (Lipinski definition) is 2. The molecule has 0 heterocycles. The zero-order chi connectivity index (χ0) is 9.57. The molecule has 1 fully saturated rings. The van der Waals surface area contributed by atoms with Crippen LogP contribution in [0.15, 0.2) is 0 Å². The van der Waals surface area contributed by atoms with Crippen molar-refractivity contribution in [1.29, 1.82) is 0 Å². The van der Waals surface area contributed by atoms with Crippen molar-refractivity contribution in [1.82, 2.24) is 5.32 Å². The largest absolute Gasteiger partial charge is 0.376 e. The van der Waals surface area contributed by atoms with Gasteiger partial charge in [0, 0.05) is 0 Å². The van der Waals surface area contributed by atoms with Gasteiger partial charge in [-0.25, -0.2) is 0 Å². The predicted octanol–water partition coefficient (Wildman–Crippen LogP) is 2.42. The van der Waals surface area contributed by atoms with Gasteiger partial charge in [-0.2, -0.15) is 0 Å². The molecule has 13 heavy (non-hydrogen) atoms. The first-order valence-electron chi connectivity index (χ1n) is 5.74. The third kappa shape index (κ3) is 4.10. The first-order chi connectivity index (χ1) is 6.27. The normalized spacial score (nSPS) is 22.6. The number of rotatable bonds is 4. The lowest BCUT2D eigenvalue weighted by atomic mass is 10.0. The van der Waals surface area contributed by atoms with Crippen LogP contribution in [0.1, 0.15) is 58.3 Å². The highest BCUT2D eigenvalue weighted by Gasteiger charge is 2.26. The van der Waals surface area contributed by atoms with E-state index in [4.69, 9.17) is 0 Å². The lowest BCUT2D eigenvalue weighted by molar-refractivity contribution is -0.00896. The van der Waals surface area contributed by atoms with E-state index in [0.717, 1.165) is 19.4 Å². The van der Waals surface area contributed by atoms with Crippen LogP contribution < -0.4 is 5.32 Å². The molecule has 0 radical (unpaired) electrons. The molecule has 1 rings (SSSR count). The predicted molar refractivity (Wildman–Crippen MR) is 55.6 cm³/mol. The van der Waals surface area contributed by atoms with E-state index in [9.17, 15) is 5.11 Å². The van der Waals surface area contributed by atoms with Gasteiger partial charge in [0.25, 0.3) is 0 Å². The molecule has 0 aromatic carbocycles. The first-order valence-corrected chi connectivity index (χ1v) is 5.74. The Morgan fingerprint density at radius 3 is 2.31 bits per heavy atom. The fourth-order valence-electron chi connectivity index (χ4n) is 1.99. The van der Waals surface area contributed by atoms with E-state index >= 15 is 0 Å². The molecule has 1 saturated carbocycles. The summed E-state index contributed by atoms with van der Waals surface area (Å²) in [5.74, 6) is 0. The molecule has 2 N–H and O–H groups in total. The van der Waals surface area contributed by atoms with E-state index in [1.54, 1.807) is 0 Å². The van der Waals surface area contributed by atoms with Crippen LogP contribution in [0.2, 0.25) is 0 Å². The highest BCUT2D eigenvalue weighted by atomic mass is 16.3. The molecule has 0 aromatic rings. The van der Waals surface area contributed by atoms with Crippen LogP contribution in [-0.4, -0.2) is 17.4 Å². The fraction of sp³-hybridized carbons (Fsp3) is 1.00. The van der Waals surface area contributed by atoms with Crippen molar-refractivity contribution < 1.29 is 5.11 Å². The van der Waals surface area contributed by atoms with Crippen molar-refractivity contribution in [2.45, 2.75) is 64.0 Å². The minimum absolute atomic E-state index is 0.536. The topological polar surface area (TPSA) is 32.3 Å². The first kappa shape index (κ1) is 11.0. The Morgan fingerprint density at radius 2 is 1.77 bits per heavy atom. The van der Waals surface area contributed by atoms with Gasteiger partial charge in [-0.05, 0) is 38.6 Å². The third-order valence-electron chi connectivity index (χ3n) is 2.92. The number of nitrogens with one attached hydrogen (secondary N) is 1. The van der Waals surface area contributed by atoms with Crippen molar-refractivity contribution in [3.05, 3.63) is 0 Å². The molecule has 1 aliphatic rings. The standard InChI is InChI=1S/C11H23NO/c1-2-3-10-12-11(13)8-6-4-5-7-9-11/h12-13H,2-10H2,1H3. The van der Waals surface area contributed by atoms with E-state index < -0.39 is 5.72 Å². The third-order valence-corrected chi connectivity index (χ3v) is 2.92. The van der Waals surface area contributed by atoms with Crippen LogP contribution in [0, 0.1) is 0 Å². The summed E-state index contributed by atoms with van der Waals surface area (Å²) in [6, 6.07) is 0. The van der Waals surface area contributed by atoms with Gasteiger partial charge in [0.1, 0.15) is 5.72 Å². The van der Waals surface area contributed by atoms with E-state index in [2.05, 4.69) is 12.2 Å². The second-order valence-electron chi connectivity index (χ2n) is 4.23. The average molecular weight is 185 g/mol. The maximum absolute atomic E-state index is 10.2. The van der Waals surface area contributed by atoms with Crippen LogP contribution in [0.3, 0.4) is 0 Å². The van der Waals surface area contributed by atoms with Crippen molar-refractivity contribution in [2.24, 2.45) is 0 Å². The van der Waals surface area contributed by atoms with E-state index in [0.29, 0.717) is 0 Å². The lowest BCUT2D eigenvalue weighted by Gasteiger charge is -2.28. The molecule has 2 heteroatoms. The Labute approximate surface area is 81.7 Å². The summed E-state index contributed by atoms with van der Waals surface area (Å²) < 4.78 is 0. The Bertz CT molecular complexity index is 128. The Hall–Kier alpha value is -0.0800. The molecule has 0 atom stereocenters. The lowest BCUT2D eigenvalue weighted by Crippen LogP contribution is -2.45. The quantitative estimate of drug-likeness (QED) is 0.400. The molecular formula is C11H23NO. The van der Waals surface area contributed by atoms with Gasteiger partial charge < -0.3 is 5.11 Å². The highest BCUT2D eigenvalue weighted by molar-refractivity contribution is 4.78. The summed E-state index contributed by atoms with van der Waals surface area (Å²) in [4.78, 5) is 0. The zero-order valence-corrected chi connectivity index (χ0v) is 8.81. The molecule has 1 aliphatic carbocycles. The molecule has 0 saturated heterocycles. The second-order valence-corrected chi connectivity index (χ2v) is 4.23. The van der Waals surface area contributed by atoms with Crippen LogP contribution in [0.25, 0.3) is 0 Å². The molecule has 2 nitrogen and oxygen atoms in total. The Balaban J connectivity index is 2.25. The van der Waals surface area contributed by atoms with Crippen molar-refractivity contribution in [2.75, 3.05) is 6.54 Å². The summed E-state index contributed by atoms with van der Waals surface area (Å²) in [6.45, 7) is 3.14. The van der Waals surface area contributed by atoms with E-state index in [1.165, 1.54) is 38.5 Å². The molecule has 0 spiro atoms. The van der Waals surface area contributed by atoms with Crippen LogP contribution in [0.4, 0.5) is 0 Å². The Kier molecular flexibility index (Phi) is 4.74. The zero-order valence-electron chi connectivity index (χ0n) is 8.81. The second kappa shape index (κ2) is 5.61. The van der Waals surface area contributed by atoms with Gasteiger partial charge in [0.15, 0.2) is 0 Å². The van der Waals surface area contributed by atoms with E-state index in [1.807, 2.05) is 0 Å². The van der Waals surface area contributed by atoms with Gasteiger partial charge in [0.2, 0.25) is 0 Å². The van der Waals surface area contributed by atoms with Gasteiger partial charge in [0.05, 0.1) is 0 Å². The fourth-order valence-corrected chi connectivity index (χ4v) is 1.99. The molecular weight excluding hydrogens is 162 g/mol. The smallest absolute Gasteiger partial charge is 0.116 e. The van der Waals surface area contributed by atoms with Crippen LogP contribution >= 0.6 is 0 Å². The monoisotopic (exact) mass is 185 g/mol. The molecule has 0 unspecified atom stereocenters. The van der Waals surface area contributed by atoms with Crippen LogP contribution in [-0.2, 0) is 0 Å². The highest BCUT2D eigenvalue weighted by Crippen LogP contribution is 2.24. The maximum Gasteiger partial charge on any atom is 0.116 e. The van der Waals surface area contributed by atoms with Gasteiger partial charge in [-0.3, -0.25) is 5.32 Å². The average Bonchev–Trinajstić information content (AvgIpc) is 2.31. The summed E-state index contributed by atoms with van der Waals surface area (Å²) in [6.07, 6.45) is 9.18. The summed E-state index contributed by atoms with van der Waals surface area (Å²) in [5.41, 5.74) is -0.536. The Morgan fingerprint density at radius 1 is 1.15 bits per heavy atom. The molecule has 0 aromatic heterocycles. The number of unbranched alkanes of at least 4 members (excludes halogenated alkanes) is 1. The minimum Gasteiger partial charge on any atom is -0.376 e. The summed E-state index contributed by atoms with van der Waals surface area (Å²) in [5, 5.41) is 13.5. The molecule has 0 amide bonds. The van der Waals surface area contributed by atoms with Gasteiger partial charge >= 0.3 is 0 Å². The van der Waals surface area contributed by atoms with Crippen molar-refractivity contribution >= 4 is 0 Å². The minimum atomic E-state index is -0.536. The maximum atomic E-state index is 10.2. The SMILES string of the molecule is CCCCNC1(O)CCCCCC1. The van der Waals surface area contributed by atoms with Crippen molar-refractivity contribution in [3.8, 4) is 0 Å². The van der Waals surface area contributed by atoms with Gasteiger partial charge in [-0.15, -0.1) is 0 Å². The number of hydrogen-bond acceptors (Lipinski definition) is 2.